The Morgan fingerprint density at radius 1 is 1.20 bits per heavy atom. The standard InChI is InChI=1S/C26H35ClN6O2/c1-18(34)14-29-19-5-7-20(8-6-19)32-25-13-21(22(27)15-30-25)23-3-2-4-24(33-23)31-17-26(16-28)9-11-35-12-10-26/h2-4,13,15,18-20,29,34H,5-12,14,17H2,1H3,(H,30,32)(H,31,33). The molecule has 0 spiro atoms. The molecule has 4 rings (SSSR count). The third-order valence-electron chi connectivity index (χ3n) is 6.96. The van der Waals surface area contributed by atoms with Crippen LogP contribution in [0.2, 0.25) is 5.02 Å². The van der Waals surface area contributed by atoms with Gasteiger partial charge in [-0.25, -0.2) is 9.97 Å². The third kappa shape index (κ3) is 7.05. The molecule has 2 aromatic rings. The number of nitrogens with zero attached hydrogens (tertiary/aromatic N) is 3. The van der Waals surface area contributed by atoms with Gasteiger partial charge in [-0.15, -0.1) is 0 Å². The average molecular weight is 499 g/mol. The van der Waals surface area contributed by atoms with Crippen LogP contribution in [0.3, 0.4) is 0 Å². The zero-order valence-corrected chi connectivity index (χ0v) is 21.0. The summed E-state index contributed by atoms with van der Waals surface area (Å²) < 4.78 is 5.43. The van der Waals surface area contributed by atoms with Crippen LogP contribution in [0, 0.1) is 16.7 Å². The maximum atomic E-state index is 9.71. The first-order chi connectivity index (χ1) is 17.0. The van der Waals surface area contributed by atoms with Crippen molar-refractivity contribution in [3.8, 4) is 17.3 Å². The molecule has 35 heavy (non-hydrogen) atoms. The molecule has 1 aliphatic heterocycles. The van der Waals surface area contributed by atoms with Crippen LogP contribution in [0.15, 0.2) is 30.5 Å². The Morgan fingerprint density at radius 2 is 1.94 bits per heavy atom. The fourth-order valence-electron chi connectivity index (χ4n) is 4.74. The molecule has 2 fully saturated rings. The van der Waals surface area contributed by atoms with Gasteiger partial charge in [0.05, 0.1) is 28.3 Å². The molecular formula is C26H35ClN6O2. The minimum atomic E-state index is -0.424. The van der Waals surface area contributed by atoms with Crippen molar-refractivity contribution < 1.29 is 9.84 Å². The number of aliphatic hydroxyl groups is 1. The summed E-state index contributed by atoms with van der Waals surface area (Å²) in [4.78, 5) is 9.26. The number of nitrogens with one attached hydrogen (secondary N) is 3. The summed E-state index contributed by atoms with van der Waals surface area (Å²) in [6, 6.07) is 11.0. The van der Waals surface area contributed by atoms with Gasteiger partial charge in [-0.2, -0.15) is 5.26 Å². The Morgan fingerprint density at radius 3 is 2.66 bits per heavy atom. The van der Waals surface area contributed by atoms with E-state index in [1.54, 1.807) is 13.1 Å². The van der Waals surface area contributed by atoms with Gasteiger partial charge >= 0.3 is 0 Å². The lowest BCUT2D eigenvalue weighted by Crippen LogP contribution is -2.39. The molecular weight excluding hydrogens is 464 g/mol. The highest BCUT2D eigenvalue weighted by Gasteiger charge is 2.32. The number of halogens is 1. The molecule has 1 aliphatic carbocycles. The number of nitriles is 1. The number of ether oxygens (including phenoxy) is 1. The minimum Gasteiger partial charge on any atom is -0.392 e. The lowest BCUT2D eigenvalue weighted by atomic mass is 9.82. The van der Waals surface area contributed by atoms with E-state index in [2.05, 4.69) is 27.0 Å². The van der Waals surface area contributed by atoms with E-state index < -0.39 is 5.41 Å². The highest BCUT2D eigenvalue weighted by atomic mass is 35.5. The van der Waals surface area contributed by atoms with Crippen molar-refractivity contribution in [3.63, 3.8) is 0 Å². The van der Waals surface area contributed by atoms with Gasteiger partial charge in [-0.05, 0) is 63.6 Å². The molecule has 1 saturated heterocycles. The van der Waals surface area contributed by atoms with Gasteiger partial charge in [0.25, 0.3) is 0 Å². The highest BCUT2D eigenvalue weighted by molar-refractivity contribution is 6.33. The quantitative estimate of drug-likeness (QED) is 0.406. The lowest BCUT2D eigenvalue weighted by Gasteiger charge is -2.31. The van der Waals surface area contributed by atoms with Gasteiger partial charge in [0, 0.05) is 50.1 Å². The van der Waals surface area contributed by atoms with E-state index in [1.807, 2.05) is 24.3 Å². The second kappa shape index (κ2) is 12.0. The lowest BCUT2D eigenvalue weighted by molar-refractivity contribution is 0.0455. The zero-order valence-electron chi connectivity index (χ0n) is 20.3. The Balaban J connectivity index is 1.38. The molecule has 1 unspecified atom stereocenters. The van der Waals surface area contributed by atoms with Gasteiger partial charge in [0.15, 0.2) is 0 Å². The van der Waals surface area contributed by atoms with Gasteiger partial charge in [0.2, 0.25) is 0 Å². The van der Waals surface area contributed by atoms with Gasteiger partial charge in [-0.3, -0.25) is 0 Å². The molecule has 0 bridgehead atoms. The van der Waals surface area contributed by atoms with Crippen molar-refractivity contribution in [3.05, 3.63) is 35.5 Å². The Hall–Kier alpha value is -2.44. The smallest absolute Gasteiger partial charge is 0.126 e. The average Bonchev–Trinajstić information content (AvgIpc) is 2.89. The molecule has 0 aromatic carbocycles. The van der Waals surface area contributed by atoms with Crippen molar-refractivity contribution in [1.29, 1.82) is 5.26 Å². The largest absolute Gasteiger partial charge is 0.392 e. The first-order valence-corrected chi connectivity index (χ1v) is 12.9. The second-order valence-corrected chi connectivity index (χ2v) is 10.2. The maximum Gasteiger partial charge on any atom is 0.126 e. The summed E-state index contributed by atoms with van der Waals surface area (Å²) >= 11 is 6.51. The monoisotopic (exact) mass is 498 g/mol. The van der Waals surface area contributed by atoms with Crippen molar-refractivity contribution in [2.24, 2.45) is 5.41 Å². The molecule has 2 aromatic heterocycles. The van der Waals surface area contributed by atoms with Gasteiger partial charge in [-0.1, -0.05) is 17.7 Å². The predicted molar refractivity (Wildman–Crippen MR) is 138 cm³/mol. The second-order valence-electron chi connectivity index (χ2n) is 9.77. The van der Waals surface area contributed by atoms with Crippen LogP contribution in [0.5, 0.6) is 0 Å². The molecule has 8 nitrogen and oxygen atoms in total. The van der Waals surface area contributed by atoms with Crippen LogP contribution in [0.25, 0.3) is 11.3 Å². The molecule has 0 radical (unpaired) electrons. The molecule has 0 amide bonds. The van der Waals surface area contributed by atoms with E-state index in [1.165, 1.54) is 0 Å². The fraction of sp³-hybridized carbons (Fsp3) is 0.577. The van der Waals surface area contributed by atoms with Crippen LogP contribution in [-0.4, -0.2) is 59.6 Å². The maximum absolute atomic E-state index is 9.71. The van der Waals surface area contributed by atoms with Crippen LogP contribution < -0.4 is 16.0 Å². The fourth-order valence-corrected chi connectivity index (χ4v) is 4.94. The molecule has 4 N–H and O–H groups in total. The van der Waals surface area contributed by atoms with Crippen molar-refractivity contribution in [1.82, 2.24) is 15.3 Å². The molecule has 1 saturated carbocycles. The summed E-state index contributed by atoms with van der Waals surface area (Å²) in [5.41, 5.74) is 1.15. The number of aromatic nitrogens is 2. The van der Waals surface area contributed by atoms with Crippen LogP contribution >= 0.6 is 11.6 Å². The normalized spacial score (nSPS) is 22.7. The topological polar surface area (TPSA) is 115 Å². The van der Waals surface area contributed by atoms with E-state index >= 15 is 0 Å². The number of rotatable bonds is 9. The first-order valence-electron chi connectivity index (χ1n) is 12.5. The van der Waals surface area contributed by atoms with E-state index in [0.717, 1.165) is 55.6 Å². The van der Waals surface area contributed by atoms with Crippen molar-refractivity contribution >= 4 is 23.2 Å². The van der Waals surface area contributed by atoms with E-state index in [9.17, 15) is 10.4 Å². The van der Waals surface area contributed by atoms with Crippen LogP contribution in [0.4, 0.5) is 11.6 Å². The van der Waals surface area contributed by atoms with Crippen molar-refractivity contribution in [2.45, 2.75) is 63.6 Å². The van der Waals surface area contributed by atoms with E-state index in [-0.39, 0.29) is 6.10 Å². The number of pyridine rings is 2. The Bertz CT molecular complexity index is 1010. The molecule has 188 valence electrons. The summed E-state index contributed by atoms with van der Waals surface area (Å²) in [5.74, 6) is 1.50. The summed E-state index contributed by atoms with van der Waals surface area (Å²) in [6.07, 6.45) is 7.01. The summed E-state index contributed by atoms with van der Waals surface area (Å²) in [6.45, 7) is 4.21. The Kier molecular flexibility index (Phi) is 8.79. The molecule has 9 heteroatoms. The first kappa shape index (κ1) is 25.6. The molecule has 1 atom stereocenters. The van der Waals surface area contributed by atoms with Crippen LogP contribution in [-0.2, 0) is 4.74 Å². The Labute approximate surface area is 212 Å². The zero-order chi connectivity index (χ0) is 24.7. The summed E-state index contributed by atoms with van der Waals surface area (Å²) in [5, 5.41) is 30.1. The SMILES string of the molecule is CC(O)CNC1CCC(Nc2cc(-c3cccc(NCC4(C#N)CCOCC4)n3)c(Cl)cn2)CC1. The molecule has 2 aliphatic rings. The van der Waals surface area contributed by atoms with E-state index in [0.29, 0.717) is 49.2 Å². The van der Waals surface area contributed by atoms with Gasteiger partial charge < -0.3 is 25.8 Å². The number of aliphatic hydroxyl groups excluding tert-OH is 1. The summed E-state index contributed by atoms with van der Waals surface area (Å²) in [7, 11) is 0. The number of hydrogen-bond donors (Lipinski definition) is 4. The van der Waals surface area contributed by atoms with Crippen LogP contribution in [0.1, 0.15) is 45.4 Å². The minimum absolute atomic E-state index is 0.320. The third-order valence-corrected chi connectivity index (χ3v) is 7.26. The van der Waals surface area contributed by atoms with Crippen molar-refractivity contribution in [2.75, 3.05) is 36.9 Å². The van der Waals surface area contributed by atoms with E-state index in [4.69, 9.17) is 21.3 Å². The highest BCUT2D eigenvalue weighted by Crippen LogP contribution is 2.32. The van der Waals surface area contributed by atoms with Gasteiger partial charge in [0.1, 0.15) is 11.6 Å². The molecule has 3 heterocycles. The number of anilines is 2. The number of hydrogen-bond acceptors (Lipinski definition) is 8. The predicted octanol–water partition coefficient (Wildman–Crippen LogP) is 4.22.